The second-order valence-electron chi connectivity index (χ2n) is 2.92. The van der Waals surface area contributed by atoms with Gasteiger partial charge in [0.2, 0.25) is 0 Å². The van der Waals surface area contributed by atoms with Crippen LogP contribution in [-0.2, 0) is 4.79 Å². The van der Waals surface area contributed by atoms with Gasteiger partial charge in [0.1, 0.15) is 5.78 Å². The van der Waals surface area contributed by atoms with Crippen LogP contribution in [0.4, 0.5) is 0 Å². The van der Waals surface area contributed by atoms with Crippen molar-refractivity contribution in [1.29, 1.82) is 0 Å². The van der Waals surface area contributed by atoms with Crippen molar-refractivity contribution in [2.45, 2.75) is 19.3 Å². The zero-order valence-electron chi connectivity index (χ0n) is 6.68. The summed E-state index contributed by atoms with van der Waals surface area (Å²) in [6.07, 6.45) is 2.51. The molecule has 0 spiro atoms. The van der Waals surface area contributed by atoms with Crippen molar-refractivity contribution in [3.63, 3.8) is 0 Å². The lowest BCUT2D eigenvalue weighted by Crippen LogP contribution is -2.34. The van der Waals surface area contributed by atoms with Gasteiger partial charge in [-0.05, 0) is 13.0 Å². The number of ketones is 1. The molecule has 1 rings (SSSR count). The second-order valence-corrected chi connectivity index (χ2v) is 3.30. The van der Waals surface area contributed by atoms with Gasteiger partial charge in [-0.2, -0.15) is 0 Å². The molecule has 1 heterocycles. The van der Waals surface area contributed by atoms with Crippen molar-refractivity contribution in [1.82, 2.24) is 4.90 Å². The topological polar surface area (TPSA) is 20.3 Å². The number of hydrogen-bond acceptors (Lipinski definition) is 2. The van der Waals surface area contributed by atoms with Crippen LogP contribution in [0.3, 0.4) is 0 Å². The molecule has 0 atom stereocenters. The molecule has 0 radical (unpaired) electrons. The molecule has 1 saturated heterocycles. The van der Waals surface area contributed by atoms with E-state index in [0.29, 0.717) is 5.78 Å². The second kappa shape index (κ2) is 4.73. The van der Waals surface area contributed by atoms with E-state index in [-0.39, 0.29) is 0 Å². The van der Waals surface area contributed by atoms with Gasteiger partial charge in [-0.25, -0.2) is 0 Å². The highest BCUT2D eigenvalue weighted by atomic mass is 35.5. The van der Waals surface area contributed by atoms with Crippen LogP contribution in [-0.4, -0.2) is 36.2 Å². The number of halogens is 1. The first-order valence-corrected chi connectivity index (χ1v) is 4.66. The molecule has 0 bridgehead atoms. The molecule has 0 saturated carbocycles. The fourth-order valence-electron chi connectivity index (χ4n) is 1.31. The molecule has 0 aliphatic carbocycles. The minimum Gasteiger partial charge on any atom is -0.302 e. The number of nitrogens with zero attached hydrogens (tertiary/aromatic N) is 1. The Bertz CT molecular complexity index is 128. The molecule has 3 heteroatoms. The van der Waals surface area contributed by atoms with Gasteiger partial charge in [-0.3, -0.25) is 4.79 Å². The first kappa shape index (κ1) is 9.01. The monoisotopic (exact) mass is 175 g/mol. The summed E-state index contributed by atoms with van der Waals surface area (Å²) in [5.41, 5.74) is 0. The van der Waals surface area contributed by atoms with Crippen molar-refractivity contribution in [2.75, 3.05) is 25.5 Å². The zero-order valence-corrected chi connectivity index (χ0v) is 7.44. The van der Waals surface area contributed by atoms with Crippen molar-refractivity contribution in [3.8, 4) is 0 Å². The molecule has 0 aromatic heterocycles. The lowest BCUT2D eigenvalue weighted by atomic mass is 10.1. The standard InChI is InChI=1S/C8H14ClNO/c9-4-1-5-10-6-2-8(11)3-7-10/h1-7H2. The van der Waals surface area contributed by atoms with E-state index in [9.17, 15) is 4.79 Å². The van der Waals surface area contributed by atoms with Gasteiger partial charge in [-0.1, -0.05) is 0 Å². The molecule has 0 unspecified atom stereocenters. The summed E-state index contributed by atoms with van der Waals surface area (Å²) in [5.74, 6) is 1.14. The first-order valence-electron chi connectivity index (χ1n) is 4.13. The fourth-order valence-corrected chi connectivity index (χ4v) is 1.43. The minimum absolute atomic E-state index is 0.409. The summed E-state index contributed by atoms with van der Waals surface area (Å²) >= 11 is 5.56. The summed E-state index contributed by atoms with van der Waals surface area (Å²) in [4.78, 5) is 13.1. The Kier molecular flexibility index (Phi) is 3.87. The number of alkyl halides is 1. The Labute approximate surface area is 72.5 Å². The number of likely N-dealkylation sites (tertiary alicyclic amines) is 1. The van der Waals surface area contributed by atoms with Crippen LogP contribution in [0.2, 0.25) is 0 Å². The summed E-state index contributed by atoms with van der Waals surface area (Å²) in [6.45, 7) is 2.93. The Morgan fingerprint density at radius 1 is 1.36 bits per heavy atom. The molecule has 64 valence electrons. The smallest absolute Gasteiger partial charge is 0.135 e. The molecule has 0 aromatic rings. The normalized spacial score (nSPS) is 20.6. The Hall–Kier alpha value is -0.0800. The molecular formula is C8H14ClNO. The van der Waals surface area contributed by atoms with E-state index >= 15 is 0 Å². The predicted octanol–water partition coefficient (Wildman–Crippen LogP) is 1.28. The number of carbonyl (C=O) groups is 1. The summed E-state index contributed by atoms with van der Waals surface area (Å²) in [7, 11) is 0. The van der Waals surface area contributed by atoms with Crippen molar-refractivity contribution in [2.24, 2.45) is 0 Å². The molecule has 1 aliphatic heterocycles. The summed E-state index contributed by atoms with van der Waals surface area (Å²) in [5, 5.41) is 0. The molecule has 2 nitrogen and oxygen atoms in total. The summed E-state index contributed by atoms with van der Waals surface area (Å²) < 4.78 is 0. The van der Waals surface area contributed by atoms with Gasteiger partial charge in [0.15, 0.2) is 0 Å². The van der Waals surface area contributed by atoms with Gasteiger partial charge in [0.05, 0.1) is 0 Å². The van der Waals surface area contributed by atoms with Crippen LogP contribution >= 0.6 is 11.6 Å². The molecule has 0 aromatic carbocycles. The van der Waals surface area contributed by atoms with E-state index < -0.39 is 0 Å². The lowest BCUT2D eigenvalue weighted by Gasteiger charge is -2.25. The van der Waals surface area contributed by atoms with Crippen LogP contribution in [0.1, 0.15) is 19.3 Å². The maximum Gasteiger partial charge on any atom is 0.135 e. The maximum atomic E-state index is 10.8. The van der Waals surface area contributed by atoms with Gasteiger partial charge >= 0.3 is 0 Å². The van der Waals surface area contributed by atoms with Crippen molar-refractivity contribution >= 4 is 17.4 Å². The highest BCUT2D eigenvalue weighted by Crippen LogP contribution is 2.05. The Balaban J connectivity index is 2.12. The maximum absolute atomic E-state index is 10.8. The van der Waals surface area contributed by atoms with E-state index in [1.807, 2.05) is 0 Å². The third-order valence-corrected chi connectivity index (χ3v) is 2.29. The minimum atomic E-state index is 0.409. The third kappa shape index (κ3) is 3.21. The van der Waals surface area contributed by atoms with Gasteiger partial charge < -0.3 is 4.90 Å². The first-order chi connectivity index (χ1) is 5.33. The van der Waals surface area contributed by atoms with E-state index in [1.54, 1.807) is 0 Å². The molecule has 1 aliphatic rings. The van der Waals surface area contributed by atoms with E-state index in [4.69, 9.17) is 11.6 Å². The molecular weight excluding hydrogens is 162 g/mol. The zero-order chi connectivity index (χ0) is 8.10. The average Bonchev–Trinajstić information content (AvgIpc) is 2.04. The van der Waals surface area contributed by atoms with Crippen molar-refractivity contribution in [3.05, 3.63) is 0 Å². The van der Waals surface area contributed by atoms with E-state index in [2.05, 4.69) is 4.90 Å². The van der Waals surface area contributed by atoms with Gasteiger partial charge in [0, 0.05) is 31.8 Å². The number of carbonyl (C=O) groups excluding carboxylic acids is 1. The Morgan fingerprint density at radius 2 is 2.00 bits per heavy atom. The van der Waals surface area contributed by atoms with Crippen LogP contribution in [0.15, 0.2) is 0 Å². The van der Waals surface area contributed by atoms with Gasteiger partial charge in [-0.15, -0.1) is 11.6 Å². The van der Waals surface area contributed by atoms with Crippen molar-refractivity contribution < 1.29 is 4.79 Å². The summed E-state index contributed by atoms with van der Waals surface area (Å²) in [6, 6.07) is 0. The predicted molar refractivity (Wildman–Crippen MR) is 46.0 cm³/mol. The SMILES string of the molecule is O=C1CCN(CCCCl)CC1. The molecule has 0 N–H and O–H groups in total. The highest BCUT2D eigenvalue weighted by molar-refractivity contribution is 6.17. The van der Waals surface area contributed by atoms with E-state index in [0.717, 1.165) is 44.8 Å². The number of Topliss-reactive ketones (excluding diaryl/α,β-unsaturated/α-hetero) is 1. The Morgan fingerprint density at radius 3 is 2.55 bits per heavy atom. The number of hydrogen-bond donors (Lipinski definition) is 0. The quantitative estimate of drug-likeness (QED) is 0.603. The molecule has 1 fully saturated rings. The fraction of sp³-hybridized carbons (Fsp3) is 0.875. The third-order valence-electron chi connectivity index (χ3n) is 2.02. The average molecular weight is 176 g/mol. The van der Waals surface area contributed by atoms with Crippen LogP contribution in [0, 0.1) is 0 Å². The molecule has 0 amide bonds. The largest absolute Gasteiger partial charge is 0.302 e. The van der Waals surface area contributed by atoms with Crippen LogP contribution in [0.25, 0.3) is 0 Å². The number of rotatable bonds is 3. The van der Waals surface area contributed by atoms with Crippen LogP contribution in [0.5, 0.6) is 0 Å². The van der Waals surface area contributed by atoms with E-state index in [1.165, 1.54) is 0 Å². The van der Waals surface area contributed by atoms with Crippen LogP contribution < -0.4 is 0 Å². The van der Waals surface area contributed by atoms with Gasteiger partial charge in [0.25, 0.3) is 0 Å². The number of piperidine rings is 1. The molecule has 11 heavy (non-hydrogen) atoms. The lowest BCUT2D eigenvalue weighted by molar-refractivity contribution is -0.121. The highest BCUT2D eigenvalue weighted by Gasteiger charge is 2.14.